The van der Waals surface area contributed by atoms with Gasteiger partial charge in [-0.3, -0.25) is 0 Å². The van der Waals surface area contributed by atoms with Gasteiger partial charge in [-0.1, -0.05) is 32.0 Å². The maximum atomic E-state index is 13.6. The molecule has 0 heterocycles. The zero-order valence-corrected chi connectivity index (χ0v) is 11.8. The van der Waals surface area contributed by atoms with E-state index in [1.807, 2.05) is 31.2 Å². The predicted octanol–water partition coefficient (Wildman–Crippen LogP) is 4.92. The summed E-state index contributed by atoms with van der Waals surface area (Å²) in [5.74, 6) is 0.707. The van der Waals surface area contributed by atoms with Gasteiger partial charge in [0.2, 0.25) is 0 Å². The lowest BCUT2D eigenvalue weighted by atomic mass is 10.0. The smallest absolute Gasteiger partial charge is 0.148 e. The topological polar surface area (TPSA) is 33.0 Å². The van der Waals surface area contributed by atoms with Crippen LogP contribution in [-0.2, 0) is 0 Å². The maximum absolute atomic E-state index is 13.6. The number of aryl methyl sites for hydroxylation is 1. The van der Waals surface area contributed by atoms with Gasteiger partial charge in [0.1, 0.15) is 28.9 Å². The van der Waals surface area contributed by atoms with Crippen molar-refractivity contribution < 1.29 is 9.13 Å². The molecule has 0 amide bonds. The summed E-state index contributed by atoms with van der Waals surface area (Å²) in [5, 5.41) is 9.02. The molecular formula is C17H16FNO. The number of ether oxygens (including phenoxy) is 1. The van der Waals surface area contributed by atoms with Crippen molar-refractivity contribution in [2.45, 2.75) is 26.7 Å². The molecule has 3 heteroatoms. The summed E-state index contributed by atoms with van der Waals surface area (Å²) in [5.41, 5.74) is 2.02. The van der Waals surface area contributed by atoms with Crippen LogP contribution in [0.1, 0.15) is 36.5 Å². The number of benzene rings is 2. The minimum Gasteiger partial charge on any atom is -0.456 e. The summed E-state index contributed by atoms with van der Waals surface area (Å²) in [6, 6.07) is 12.2. The second kappa shape index (κ2) is 5.75. The Hall–Kier alpha value is -2.34. The molecule has 0 bridgehead atoms. The molecule has 0 aliphatic heterocycles. The molecule has 0 aromatic heterocycles. The summed E-state index contributed by atoms with van der Waals surface area (Å²) < 4.78 is 19.3. The van der Waals surface area contributed by atoms with E-state index in [-0.39, 0.29) is 11.3 Å². The van der Waals surface area contributed by atoms with E-state index in [0.29, 0.717) is 11.7 Å². The monoisotopic (exact) mass is 269 g/mol. The van der Waals surface area contributed by atoms with Crippen molar-refractivity contribution in [1.29, 1.82) is 5.26 Å². The molecule has 0 saturated heterocycles. The largest absolute Gasteiger partial charge is 0.456 e. The Bertz CT molecular complexity index is 671. The number of rotatable bonds is 3. The van der Waals surface area contributed by atoms with E-state index in [9.17, 15) is 4.39 Å². The van der Waals surface area contributed by atoms with Gasteiger partial charge in [-0.2, -0.15) is 5.26 Å². The van der Waals surface area contributed by atoms with Gasteiger partial charge in [-0.25, -0.2) is 4.39 Å². The molecule has 0 fully saturated rings. The van der Waals surface area contributed by atoms with Gasteiger partial charge < -0.3 is 4.74 Å². The van der Waals surface area contributed by atoms with Crippen molar-refractivity contribution in [1.82, 2.24) is 0 Å². The molecule has 0 radical (unpaired) electrons. The lowest BCUT2D eigenvalue weighted by Gasteiger charge is -2.13. The molecule has 0 aliphatic rings. The Morgan fingerprint density at radius 1 is 1.15 bits per heavy atom. The van der Waals surface area contributed by atoms with Crippen LogP contribution in [-0.4, -0.2) is 0 Å². The molecule has 2 aromatic rings. The first kappa shape index (κ1) is 14.1. The highest BCUT2D eigenvalue weighted by Gasteiger charge is 2.12. The van der Waals surface area contributed by atoms with E-state index in [1.165, 1.54) is 12.1 Å². The van der Waals surface area contributed by atoms with Crippen LogP contribution in [0.15, 0.2) is 36.4 Å². The molecule has 102 valence electrons. The standard InChI is InChI=1S/C17H16FNO/c1-11(2)13-8-7-12(3)17(9-13)20-16-6-4-5-15(18)14(16)10-19/h4-9,11H,1-3H3. The highest BCUT2D eigenvalue weighted by molar-refractivity contribution is 5.48. The van der Waals surface area contributed by atoms with E-state index >= 15 is 0 Å². The molecule has 2 rings (SSSR count). The third kappa shape index (κ3) is 2.80. The van der Waals surface area contributed by atoms with Crippen LogP contribution in [0.5, 0.6) is 11.5 Å². The van der Waals surface area contributed by atoms with E-state index in [4.69, 9.17) is 10.00 Å². The summed E-state index contributed by atoms with van der Waals surface area (Å²) in [7, 11) is 0. The van der Waals surface area contributed by atoms with Crippen LogP contribution in [0.3, 0.4) is 0 Å². The average Bonchev–Trinajstić information content (AvgIpc) is 2.41. The van der Waals surface area contributed by atoms with E-state index in [0.717, 1.165) is 11.1 Å². The molecule has 20 heavy (non-hydrogen) atoms. The van der Waals surface area contributed by atoms with Crippen molar-refractivity contribution in [3.8, 4) is 17.6 Å². The van der Waals surface area contributed by atoms with Crippen LogP contribution in [0.2, 0.25) is 0 Å². The van der Waals surface area contributed by atoms with Gasteiger partial charge >= 0.3 is 0 Å². The van der Waals surface area contributed by atoms with Gasteiger partial charge in [0.25, 0.3) is 0 Å². The van der Waals surface area contributed by atoms with Gasteiger partial charge in [-0.05, 0) is 42.2 Å². The molecule has 2 nitrogen and oxygen atoms in total. The molecular weight excluding hydrogens is 253 g/mol. The summed E-state index contributed by atoms with van der Waals surface area (Å²) >= 11 is 0. The summed E-state index contributed by atoms with van der Waals surface area (Å²) in [4.78, 5) is 0. The average molecular weight is 269 g/mol. The Labute approximate surface area is 118 Å². The molecule has 0 spiro atoms. The second-order valence-corrected chi connectivity index (χ2v) is 5.01. The minimum absolute atomic E-state index is 0.0677. The zero-order valence-electron chi connectivity index (χ0n) is 11.8. The quantitative estimate of drug-likeness (QED) is 0.792. The maximum Gasteiger partial charge on any atom is 0.148 e. The summed E-state index contributed by atoms with van der Waals surface area (Å²) in [6.07, 6.45) is 0. The molecule has 0 N–H and O–H groups in total. The van der Waals surface area contributed by atoms with Gasteiger partial charge in [-0.15, -0.1) is 0 Å². The highest BCUT2D eigenvalue weighted by Crippen LogP contribution is 2.31. The fourth-order valence-corrected chi connectivity index (χ4v) is 1.90. The first-order valence-electron chi connectivity index (χ1n) is 6.50. The number of hydrogen-bond donors (Lipinski definition) is 0. The molecule has 2 aromatic carbocycles. The Morgan fingerprint density at radius 3 is 2.55 bits per heavy atom. The fraction of sp³-hybridized carbons (Fsp3) is 0.235. The molecule has 0 atom stereocenters. The number of nitriles is 1. The number of halogens is 1. The number of nitrogens with zero attached hydrogens (tertiary/aromatic N) is 1. The van der Waals surface area contributed by atoms with Crippen LogP contribution in [0, 0.1) is 24.1 Å². The molecule has 0 unspecified atom stereocenters. The van der Waals surface area contributed by atoms with E-state index in [2.05, 4.69) is 13.8 Å². The van der Waals surface area contributed by atoms with Crippen LogP contribution in [0.4, 0.5) is 4.39 Å². The number of hydrogen-bond acceptors (Lipinski definition) is 2. The Kier molecular flexibility index (Phi) is 4.05. The first-order valence-corrected chi connectivity index (χ1v) is 6.50. The zero-order chi connectivity index (χ0) is 14.7. The predicted molar refractivity (Wildman–Crippen MR) is 76.5 cm³/mol. The van der Waals surface area contributed by atoms with Crippen molar-refractivity contribution in [3.63, 3.8) is 0 Å². The van der Waals surface area contributed by atoms with Crippen molar-refractivity contribution in [2.75, 3.05) is 0 Å². The lowest BCUT2D eigenvalue weighted by Crippen LogP contribution is -1.95. The second-order valence-electron chi connectivity index (χ2n) is 5.01. The Balaban J connectivity index is 2.43. The van der Waals surface area contributed by atoms with E-state index in [1.54, 1.807) is 6.07 Å². The van der Waals surface area contributed by atoms with Crippen molar-refractivity contribution >= 4 is 0 Å². The van der Waals surface area contributed by atoms with Gasteiger partial charge in [0, 0.05) is 0 Å². The SMILES string of the molecule is Cc1ccc(C(C)C)cc1Oc1cccc(F)c1C#N. The minimum atomic E-state index is -0.567. The first-order chi connectivity index (χ1) is 9.52. The normalized spacial score (nSPS) is 10.4. The van der Waals surface area contributed by atoms with Gasteiger partial charge in [0.15, 0.2) is 0 Å². The third-order valence-electron chi connectivity index (χ3n) is 3.19. The Morgan fingerprint density at radius 2 is 1.90 bits per heavy atom. The molecule has 0 saturated carbocycles. The van der Waals surface area contributed by atoms with Crippen LogP contribution >= 0.6 is 0 Å². The van der Waals surface area contributed by atoms with Crippen LogP contribution < -0.4 is 4.74 Å². The van der Waals surface area contributed by atoms with Crippen molar-refractivity contribution in [2.24, 2.45) is 0 Å². The third-order valence-corrected chi connectivity index (χ3v) is 3.19. The lowest BCUT2D eigenvalue weighted by molar-refractivity contribution is 0.470. The summed E-state index contributed by atoms with van der Waals surface area (Å²) in [6.45, 7) is 6.11. The fourth-order valence-electron chi connectivity index (χ4n) is 1.90. The molecule has 0 aliphatic carbocycles. The van der Waals surface area contributed by atoms with Crippen LogP contribution in [0.25, 0.3) is 0 Å². The van der Waals surface area contributed by atoms with Crippen molar-refractivity contribution in [3.05, 3.63) is 58.9 Å². The highest BCUT2D eigenvalue weighted by atomic mass is 19.1. The van der Waals surface area contributed by atoms with Gasteiger partial charge in [0.05, 0.1) is 0 Å². The van der Waals surface area contributed by atoms with E-state index < -0.39 is 5.82 Å².